The van der Waals surface area contributed by atoms with Crippen molar-refractivity contribution in [1.29, 1.82) is 0 Å². The number of fused-ring (bicyclic) bond motifs is 1. The van der Waals surface area contributed by atoms with Crippen LogP contribution in [0.15, 0.2) is 18.2 Å². The van der Waals surface area contributed by atoms with Crippen LogP contribution in [-0.4, -0.2) is 43.8 Å². The van der Waals surface area contributed by atoms with E-state index in [1.807, 2.05) is 4.90 Å². The predicted molar refractivity (Wildman–Crippen MR) is 66.1 cm³/mol. The van der Waals surface area contributed by atoms with E-state index < -0.39 is 5.97 Å². The second-order valence-corrected chi connectivity index (χ2v) is 4.00. The SMILES string of the molecule is COCCN1CC(=O)Nc2ccc(C(=O)O)cc21. The molecule has 0 aromatic heterocycles. The Hall–Kier alpha value is -2.08. The van der Waals surface area contributed by atoms with E-state index in [-0.39, 0.29) is 18.0 Å². The van der Waals surface area contributed by atoms with Gasteiger partial charge >= 0.3 is 5.97 Å². The molecule has 0 fully saturated rings. The fourth-order valence-corrected chi connectivity index (χ4v) is 1.88. The smallest absolute Gasteiger partial charge is 0.335 e. The Labute approximate surface area is 104 Å². The van der Waals surface area contributed by atoms with Gasteiger partial charge in [-0.2, -0.15) is 0 Å². The van der Waals surface area contributed by atoms with Crippen molar-refractivity contribution in [2.45, 2.75) is 0 Å². The molecule has 0 spiro atoms. The lowest BCUT2D eigenvalue weighted by molar-refractivity contribution is -0.115. The van der Waals surface area contributed by atoms with Crippen LogP contribution in [-0.2, 0) is 9.53 Å². The van der Waals surface area contributed by atoms with Crippen molar-refractivity contribution in [1.82, 2.24) is 0 Å². The van der Waals surface area contributed by atoms with Crippen LogP contribution in [0, 0.1) is 0 Å². The lowest BCUT2D eigenvalue weighted by atomic mass is 10.1. The third-order valence-corrected chi connectivity index (χ3v) is 2.76. The number of nitrogens with zero attached hydrogens (tertiary/aromatic N) is 1. The zero-order valence-electron chi connectivity index (χ0n) is 9.97. The number of amides is 1. The van der Waals surface area contributed by atoms with E-state index in [1.165, 1.54) is 6.07 Å². The standard InChI is InChI=1S/C12H14N2O4/c1-18-5-4-14-7-11(15)13-9-3-2-8(12(16)17)6-10(9)14/h2-3,6H,4-5,7H2,1H3,(H,13,15)(H,16,17). The van der Waals surface area contributed by atoms with Crippen molar-refractivity contribution in [2.75, 3.05) is 37.0 Å². The average molecular weight is 250 g/mol. The van der Waals surface area contributed by atoms with Crippen LogP contribution < -0.4 is 10.2 Å². The number of carbonyl (C=O) groups is 2. The van der Waals surface area contributed by atoms with Gasteiger partial charge in [0.15, 0.2) is 0 Å². The Morgan fingerprint density at radius 1 is 1.56 bits per heavy atom. The van der Waals surface area contributed by atoms with E-state index in [9.17, 15) is 9.59 Å². The van der Waals surface area contributed by atoms with Gasteiger partial charge in [0.25, 0.3) is 0 Å². The highest BCUT2D eigenvalue weighted by Crippen LogP contribution is 2.30. The molecule has 1 aliphatic heterocycles. The van der Waals surface area contributed by atoms with Crippen LogP contribution in [0.3, 0.4) is 0 Å². The molecule has 0 unspecified atom stereocenters. The molecule has 1 aromatic carbocycles. The zero-order valence-corrected chi connectivity index (χ0v) is 9.97. The van der Waals surface area contributed by atoms with Gasteiger partial charge in [0.2, 0.25) is 5.91 Å². The van der Waals surface area contributed by atoms with Gasteiger partial charge < -0.3 is 20.1 Å². The number of nitrogens with one attached hydrogen (secondary N) is 1. The summed E-state index contributed by atoms with van der Waals surface area (Å²) in [5.41, 5.74) is 1.55. The van der Waals surface area contributed by atoms with Crippen molar-refractivity contribution in [3.63, 3.8) is 0 Å². The summed E-state index contributed by atoms with van der Waals surface area (Å²) in [6, 6.07) is 4.64. The first-order valence-electron chi connectivity index (χ1n) is 5.53. The molecule has 6 heteroatoms. The lowest BCUT2D eigenvalue weighted by Crippen LogP contribution is -2.40. The van der Waals surface area contributed by atoms with E-state index in [0.717, 1.165) is 0 Å². The fourth-order valence-electron chi connectivity index (χ4n) is 1.88. The maximum Gasteiger partial charge on any atom is 0.335 e. The normalized spacial score (nSPS) is 14.1. The number of ether oxygens (including phenoxy) is 1. The monoisotopic (exact) mass is 250 g/mol. The Morgan fingerprint density at radius 2 is 2.33 bits per heavy atom. The molecule has 0 saturated heterocycles. The highest BCUT2D eigenvalue weighted by molar-refractivity contribution is 6.02. The van der Waals surface area contributed by atoms with Crippen molar-refractivity contribution in [3.05, 3.63) is 23.8 Å². The summed E-state index contributed by atoms with van der Waals surface area (Å²) in [7, 11) is 1.58. The Balaban J connectivity index is 2.34. The molecule has 2 N–H and O–H groups in total. The number of hydrogen-bond acceptors (Lipinski definition) is 4. The minimum absolute atomic E-state index is 0.110. The van der Waals surface area contributed by atoms with Crippen molar-refractivity contribution < 1.29 is 19.4 Å². The molecular formula is C12H14N2O4. The molecule has 1 amide bonds. The fraction of sp³-hybridized carbons (Fsp3) is 0.333. The quantitative estimate of drug-likeness (QED) is 0.826. The summed E-state index contributed by atoms with van der Waals surface area (Å²) in [6.45, 7) is 1.23. The molecule has 0 atom stereocenters. The van der Waals surface area contributed by atoms with Gasteiger partial charge in [0.1, 0.15) is 0 Å². The molecule has 0 saturated carbocycles. The first-order valence-corrected chi connectivity index (χ1v) is 5.53. The highest BCUT2D eigenvalue weighted by atomic mass is 16.5. The molecule has 1 aromatic rings. The summed E-state index contributed by atoms with van der Waals surface area (Å²) in [6.07, 6.45) is 0. The molecule has 2 rings (SSSR count). The molecule has 96 valence electrons. The predicted octanol–water partition coefficient (Wildman–Crippen LogP) is 0.790. The van der Waals surface area contributed by atoms with E-state index in [2.05, 4.69) is 5.32 Å². The Bertz CT molecular complexity index is 487. The van der Waals surface area contributed by atoms with Gasteiger partial charge in [0.05, 0.1) is 30.1 Å². The summed E-state index contributed by atoms with van der Waals surface area (Å²) in [5, 5.41) is 11.7. The third kappa shape index (κ3) is 2.43. The summed E-state index contributed by atoms with van der Waals surface area (Å²) >= 11 is 0. The maximum absolute atomic E-state index is 11.5. The zero-order chi connectivity index (χ0) is 13.1. The van der Waals surface area contributed by atoms with Gasteiger partial charge in [-0.3, -0.25) is 4.79 Å². The first-order chi connectivity index (χ1) is 8.61. The van der Waals surface area contributed by atoms with Crippen molar-refractivity contribution in [3.8, 4) is 0 Å². The summed E-state index contributed by atoms with van der Waals surface area (Å²) in [4.78, 5) is 24.3. The lowest BCUT2D eigenvalue weighted by Gasteiger charge is -2.30. The van der Waals surface area contributed by atoms with E-state index in [0.29, 0.717) is 24.5 Å². The third-order valence-electron chi connectivity index (χ3n) is 2.76. The van der Waals surface area contributed by atoms with Crippen LogP contribution in [0.1, 0.15) is 10.4 Å². The number of methoxy groups -OCH3 is 1. The van der Waals surface area contributed by atoms with Gasteiger partial charge in [-0.15, -0.1) is 0 Å². The first kappa shape index (κ1) is 12.4. The molecule has 6 nitrogen and oxygen atoms in total. The second-order valence-electron chi connectivity index (χ2n) is 4.00. The summed E-state index contributed by atoms with van der Waals surface area (Å²) < 4.78 is 4.98. The summed E-state index contributed by atoms with van der Waals surface area (Å²) in [5.74, 6) is -1.09. The molecule has 0 radical (unpaired) electrons. The highest BCUT2D eigenvalue weighted by Gasteiger charge is 2.22. The number of carboxylic acids is 1. The number of anilines is 2. The Morgan fingerprint density at radius 3 is 3.00 bits per heavy atom. The topological polar surface area (TPSA) is 78.9 Å². The van der Waals surface area contributed by atoms with Crippen LogP contribution >= 0.6 is 0 Å². The molecule has 1 aliphatic rings. The van der Waals surface area contributed by atoms with E-state index in [4.69, 9.17) is 9.84 Å². The molecule has 1 heterocycles. The average Bonchev–Trinajstić information content (AvgIpc) is 2.35. The number of carboxylic acid groups (broad SMARTS) is 1. The molecule has 18 heavy (non-hydrogen) atoms. The van der Waals surface area contributed by atoms with E-state index >= 15 is 0 Å². The minimum Gasteiger partial charge on any atom is -0.478 e. The second kappa shape index (κ2) is 5.05. The number of rotatable bonds is 4. The molecular weight excluding hydrogens is 236 g/mol. The van der Waals surface area contributed by atoms with Crippen LogP contribution in [0.2, 0.25) is 0 Å². The van der Waals surface area contributed by atoms with E-state index in [1.54, 1.807) is 19.2 Å². The Kier molecular flexibility index (Phi) is 3.47. The molecule has 0 aliphatic carbocycles. The number of aromatic carboxylic acids is 1. The van der Waals surface area contributed by atoms with Gasteiger partial charge in [-0.25, -0.2) is 4.79 Å². The van der Waals surface area contributed by atoms with Crippen molar-refractivity contribution in [2.24, 2.45) is 0 Å². The largest absolute Gasteiger partial charge is 0.478 e. The number of hydrogen-bond donors (Lipinski definition) is 2. The van der Waals surface area contributed by atoms with Gasteiger partial charge in [-0.05, 0) is 18.2 Å². The minimum atomic E-state index is -0.985. The van der Waals surface area contributed by atoms with Crippen LogP contribution in [0.25, 0.3) is 0 Å². The van der Waals surface area contributed by atoms with Gasteiger partial charge in [-0.1, -0.05) is 0 Å². The maximum atomic E-state index is 11.5. The van der Waals surface area contributed by atoms with Gasteiger partial charge in [0, 0.05) is 13.7 Å². The van der Waals surface area contributed by atoms with Crippen LogP contribution in [0.4, 0.5) is 11.4 Å². The molecule has 0 bridgehead atoms. The van der Waals surface area contributed by atoms with Crippen molar-refractivity contribution >= 4 is 23.3 Å². The number of carbonyl (C=O) groups excluding carboxylic acids is 1. The van der Waals surface area contributed by atoms with Crippen LogP contribution in [0.5, 0.6) is 0 Å². The number of benzene rings is 1.